The van der Waals surface area contributed by atoms with Crippen molar-refractivity contribution in [3.8, 4) is 5.75 Å². The van der Waals surface area contributed by atoms with E-state index in [2.05, 4.69) is 34.8 Å². The van der Waals surface area contributed by atoms with Crippen LogP contribution in [-0.4, -0.2) is 28.3 Å². The molecule has 6 heteroatoms. The zero-order chi connectivity index (χ0) is 15.6. The average Bonchev–Trinajstić information content (AvgIpc) is 2.45. The Morgan fingerprint density at radius 2 is 2.00 bits per heavy atom. The molecule has 0 aromatic heterocycles. The highest BCUT2D eigenvalue weighted by Crippen LogP contribution is 2.33. The van der Waals surface area contributed by atoms with Crippen LogP contribution in [0.15, 0.2) is 12.1 Å². The van der Waals surface area contributed by atoms with E-state index in [4.69, 9.17) is 0 Å². The Bertz CT molecular complexity index is 540. The molecule has 4 nitrogen and oxygen atoms in total. The fraction of sp³-hybridized carbons (Fsp3) is 0.533. The number of hydrogen-bond acceptors (Lipinski definition) is 3. The molecule has 1 saturated carbocycles. The second-order valence-corrected chi connectivity index (χ2v) is 8.27. The van der Waals surface area contributed by atoms with Crippen LogP contribution >= 0.6 is 45.2 Å². The largest absolute Gasteiger partial charge is 0.506 e. The number of aliphatic hydroxyl groups is 1. The molecule has 1 aliphatic rings. The Hall–Kier alpha value is -0.0900. The number of benzene rings is 1. The third kappa shape index (κ3) is 4.01. The normalized spacial score (nSPS) is 25.6. The summed E-state index contributed by atoms with van der Waals surface area (Å²) in [6, 6.07) is 3.49. The number of phenolic OH excluding ortho intramolecular Hbond substituents is 1. The maximum absolute atomic E-state index is 12.5. The number of amides is 1. The summed E-state index contributed by atoms with van der Waals surface area (Å²) in [5.41, 5.74) is -0.277. The summed E-state index contributed by atoms with van der Waals surface area (Å²) >= 11 is 4.13. The lowest BCUT2D eigenvalue weighted by atomic mass is 9.77. The Morgan fingerprint density at radius 3 is 2.57 bits per heavy atom. The topological polar surface area (TPSA) is 69.6 Å². The van der Waals surface area contributed by atoms with Crippen LogP contribution in [0.5, 0.6) is 5.75 Å². The number of aromatic hydroxyl groups is 1. The molecule has 116 valence electrons. The highest BCUT2D eigenvalue weighted by molar-refractivity contribution is 14.1. The lowest BCUT2D eigenvalue weighted by molar-refractivity contribution is 0.0714. The molecule has 1 aromatic carbocycles. The summed E-state index contributed by atoms with van der Waals surface area (Å²) in [4.78, 5) is 12.5. The second-order valence-electron chi connectivity index (χ2n) is 5.86. The third-order valence-corrected chi connectivity index (χ3v) is 5.63. The lowest BCUT2D eigenvalue weighted by Gasteiger charge is -2.38. The number of rotatable bonds is 3. The number of phenols is 1. The van der Waals surface area contributed by atoms with Crippen LogP contribution in [0.2, 0.25) is 0 Å². The minimum Gasteiger partial charge on any atom is -0.506 e. The lowest BCUT2D eigenvalue weighted by Crippen LogP contribution is -2.53. The zero-order valence-corrected chi connectivity index (χ0v) is 16.1. The van der Waals surface area contributed by atoms with Crippen molar-refractivity contribution in [1.82, 2.24) is 5.32 Å². The Labute approximate surface area is 152 Å². The Kier molecular flexibility index (Phi) is 5.75. The standard InChI is InChI=1S/C15H19I2NO3/c1-9-2-4-15(8-19,5-3-9)18-14(21)11-6-10(16)7-12(17)13(11)20/h6-7,9,19-20H,2-5,8H2,1H3,(H,18,21). The molecule has 3 N–H and O–H groups in total. The average molecular weight is 515 g/mol. The number of aliphatic hydroxyl groups excluding tert-OH is 1. The van der Waals surface area contributed by atoms with Crippen molar-refractivity contribution in [2.24, 2.45) is 5.92 Å². The van der Waals surface area contributed by atoms with Gasteiger partial charge in [0.15, 0.2) is 0 Å². The number of halogens is 2. The minimum atomic E-state index is -0.553. The van der Waals surface area contributed by atoms with Crippen LogP contribution in [0.1, 0.15) is 43.0 Å². The Morgan fingerprint density at radius 1 is 1.38 bits per heavy atom. The summed E-state index contributed by atoms with van der Waals surface area (Å²) in [7, 11) is 0. The molecule has 0 radical (unpaired) electrons. The van der Waals surface area contributed by atoms with E-state index < -0.39 is 5.54 Å². The van der Waals surface area contributed by atoms with Gasteiger partial charge in [-0.15, -0.1) is 0 Å². The van der Waals surface area contributed by atoms with E-state index in [0.29, 0.717) is 9.49 Å². The first kappa shape index (κ1) is 17.3. The van der Waals surface area contributed by atoms with Crippen LogP contribution in [0.3, 0.4) is 0 Å². The minimum absolute atomic E-state index is 0.00535. The first-order chi connectivity index (χ1) is 9.87. The molecule has 1 aliphatic carbocycles. The van der Waals surface area contributed by atoms with E-state index in [-0.39, 0.29) is 23.8 Å². The predicted octanol–water partition coefficient (Wildman–Crippen LogP) is 3.27. The molecule has 0 unspecified atom stereocenters. The van der Waals surface area contributed by atoms with Crippen LogP contribution < -0.4 is 5.32 Å². The fourth-order valence-corrected chi connectivity index (χ4v) is 4.53. The molecule has 0 saturated heterocycles. The molecule has 2 rings (SSSR count). The first-order valence-corrected chi connectivity index (χ1v) is 9.14. The monoisotopic (exact) mass is 515 g/mol. The van der Waals surface area contributed by atoms with Crippen LogP contribution in [0.4, 0.5) is 0 Å². The summed E-state index contributed by atoms with van der Waals surface area (Å²) in [6.07, 6.45) is 3.55. The maximum Gasteiger partial charge on any atom is 0.255 e. The van der Waals surface area contributed by atoms with Crippen molar-refractivity contribution in [2.75, 3.05) is 6.61 Å². The Balaban J connectivity index is 2.21. The summed E-state index contributed by atoms with van der Waals surface area (Å²) in [6.45, 7) is 2.13. The van der Waals surface area contributed by atoms with Crippen LogP contribution in [-0.2, 0) is 0 Å². The van der Waals surface area contributed by atoms with E-state index >= 15 is 0 Å². The van der Waals surface area contributed by atoms with Gasteiger partial charge in [0, 0.05) is 3.57 Å². The van der Waals surface area contributed by atoms with Crippen LogP contribution in [0.25, 0.3) is 0 Å². The van der Waals surface area contributed by atoms with Gasteiger partial charge in [-0.05, 0) is 88.9 Å². The first-order valence-electron chi connectivity index (χ1n) is 6.98. The van der Waals surface area contributed by atoms with Gasteiger partial charge in [0.2, 0.25) is 0 Å². The van der Waals surface area contributed by atoms with E-state index in [0.717, 1.165) is 29.3 Å². The second kappa shape index (κ2) is 6.99. The maximum atomic E-state index is 12.5. The summed E-state index contributed by atoms with van der Waals surface area (Å²) in [5.74, 6) is 0.326. The molecule has 1 aromatic rings. The fourth-order valence-electron chi connectivity index (χ4n) is 2.68. The number of hydrogen-bond donors (Lipinski definition) is 3. The van der Waals surface area contributed by atoms with Crippen molar-refractivity contribution in [3.05, 3.63) is 24.8 Å². The van der Waals surface area contributed by atoms with E-state index in [1.165, 1.54) is 0 Å². The van der Waals surface area contributed by atoms with E-state index in [9.17, 15) is 15.0 Å². The van der Waals surface area contributed by atoms with Crippen molar-refractivity contribution < 1.29 is 15.0 Å². The van der Waals surface area contributed by atoms with E-state index in [1.807, 2.05) is 28.7 Å². The molecular formula is C15H19I2NO3. The van der Waals surface area contributed by atoms with Crippen molar-refractivity contribution >= 4 is 51.1 Å². The smallest absolute Gasteiger partial charge is 0.255 e. The highest BCUT2D eigenvalue weighted by Gasteiger charge is 2.35. The van der Waals surface area contributed by atoms with Crippen molar-refractivity contribution in [3.63, 3.8) is 0 Å². The van der Waals surface area contributed by atoms with Crippen molar-refractivity contribution in [2.45, 2.75) is 38.1 Å². The summed E-state index contributed by atoms with van der Waals surface area (Å²) < 4.78 is 1.55. The van der Waals surface area contributed by atoms with Gasteiger partial charge in [-0.1, -0.05) is 6.92 Å². The number of carbonyl (C=O) groups excluding carboxylic acids is 1. The molecule has 0 bridgehead atoms. The number of nitrogens with one attached hydrogen (secondary N) is 1. The quantitative estimate of drug-likeness (QED) is 0.542. The molecular weight excluding hydrogens is 496 g/mol. The van der Waals surface area contributed by atoms with Gasteiger partial charge in [0.05, 0.1) is 21.3 Å². The molecule has 0 spiro atoms. The van der Waals surface area contributed by atoms with Crippen LogP contribution in [0, 0.1) is 13.1 Å². The highest BCUT2D eigenvalue weighted by atomic mass is 127. The molecule has 1 fully saturated rings. The van der Waals surface area contributed by atoms with Crippen molar-refractivity contribution in [1.29, 1.82) is 0 Å². The van der Waals surface area contributed by atoms with Gasteiger partial charge in [-0.2, -0.15) is 0 Å². The zero-order valence-electron chi connectivity index (χ0n) is 11.8. The molecule has 1 amide bonds. The molecule has 0 aliphatic heterocycles. The SMILES string of the molecule is CC1CCC(CO)(NC(=O)c2cc(I)cc(I)c2O)CC1. The van der Waals surface area contributed by atoms with Gasteiger partial charge in [-0.25, -0.2) is 0 Å². The van der Waals surface area contributed by atoms with E-state index in [1.54, 1.807) is 6.07 Å². The molecule has 21 heavy (non-hydrogen) atoms. The van der Waals surface area contributed by atoms with Gasteiger partial charge in [0.25, 0.3) is 5.91 Å². The third-order valence-electron chi connectivity index (χ3n) is 4.19. The van der Waals surface area contributed by atoms with Gasteiger partial charge in [0.1, 0.15) is 5.75 Å². The van der Waals surface area contributed by atoms with Gasteiger partial charge >= 0.3 is 0 Å². The van der Waals surface area contributed by atoms with Gasteiger partial charge in [-0.3, -0.25) is 4.79 Å². The number of carbonyl (C=O) groups is 1. The predicted molar refractivity (Wildman–Crippen MR) is 98.5 cm³/mol. The van der Waals surface area contributed by atoms with Gasteiger partial charge < -0.3 is 15.5 Å². The molecule has 0 heterocycles. The summed E-state index contributed by atoms with van der Waals surface area (Å²) in [5, 5.41) is 22.8. The molecule has 0 atom stereocenters.